The number of carbonyl (C=O) groups is 1. The van der Waals surface area contributed by atoms with Crippen molar-refractivity contribution in [1.82, 2.24) is 4.90 Å². The fraction of sp³-hybridized carbons (Fsp3) is 0.471. The molecule has 0 radical (unpaired) electrons. The van der Waals surface area contributed by atoms with Crippen LogP contribution in [0, 0.1) is 5.92 Å². The van der Waals surface area contributed by atoms with E-state index in [-0.39, 0.29) is 0 Å². The third-order valence-corrected chi connectivity index (χ3v) is 4.24. The standard InChI is InChI=1S/C17H22N2O/c1-14-11-16(13-17(20)12-14)19-9-7-18(8-10-19)15-5-3-2-4-6-15/h2-6,13-14H,7-12H2,1H3/t14-/m0/s1. The van der Waals surface area contributed by atoms with Crippen molar-refractivity contribution in [2.24, 2.45) is 5.92 Å². The highest BCUT2D eigenvalue weighted by molar-refractivity contribution is 5.91. The van der Waals surface area contributed by atoms with Crippen LogP contribution in [0.3, 0.4) is 0 Å². The molecule has 0 N–H and O–H groups in total. The highest BCUT2D eigenvalue weighted by atomic mass is 16.1. The second kappa shape index (κ2) is 5.70. The summed E-state index contributed by atoms with van der Waals surface area (Å²) in [5.41, 5.74) is 2.55. The minimum Gasteiger partial charge on any atom is -0.371 e. The zero-order chi connectivity index (χ0) is 13.9. The van der Waals surface area contributed by atoms with Gasteiger partial charge >= 0.3 is 0 Å². The Balaban J connectivity index is 1.63. The van der Waals surface area contributed by atoms with Crippen LogP contribution < -0.4 is 4.90 Å². The first-order valence-electron chi connectivity index (χ1n) is 7.51. The van der Waals surface area contributed by atoms with Gasteiger partial charge in [-0.2, -0.15) is 0 Å². The van der Waals surface area contributed by atoms with Gasteiger partial charge in [0.25, 0.3) is 0 Å². The summed E-state index contributed by atoms with van der Waals surface area (Å²) in [6.45, 7) is 6.26. The molecule has 0 unspecified atom stereocenters. The second-order valence-electron chi connectivity index (χ2n) is 5.93. The van der Waals surface area contributed by atoms with E-state index in [4.69, 9.17) is 0 Å². The Hall–Kier alpha value is -1.77. The van der Waals surface area contributed by atoms with E-state index in [1.54, 1.807) is 0 Å². The first-order chi connectivity index (χ1) is 9.72. The van der Waals surface area contributed by atoms with Crippen LogP contribution in [-0.4, -0.2) is 36.9 Å². The van der Waals surface area contributed by atoms with Gasteiger partial charge in [-0.3, -0.25) is 4.79 Å². The predicted molar refractivity (Wildman–Crippen MR) is 81.7 cm³/mol. The van der Waals surface area contributed by atoms with Crippen molar-refractivity contribution >= 4 is 11.5 Å². The molecule has 0 spiro atoms. The topological polar surface area (TPSA) is 23.6 Å². The maximum Gasteiger partial charge on any atom is 0.157 e. The van der Waals surface area contributed by atoms with Crippen molar-refractivity contribution in [1.29, 1.82) is 0 Å². The van der Waals surface area contributed by atoms with Gasteiger partial charge in [0.15, 0.2) is 5.78 Å². The van der Waals surface area contributed by atoms with Crippen molar-refractivity contribution < 1.29 is 4.79 Å². The quantitative estimate of drug-likeness (QED) is 0.825. The molecule has 1 fully saturated rings. The molecule has 0 saturated carbocycles. The van der Waals surface area contributed by atoms with Crippen LogP contribution in [0.2, 0.25) is 0 Å². The molecule has 0 bridgehead atoms. The van der Waals surface area contributed by atoms with Gasteiger partial charge in [-0.1, -0.05) is 25.1 Å². The number of hydrogen-bond acceptors (Lipinski definition) is 3. The molecule has 0 aromatic heterocycles. The molecule has 1 aliphatic carbocycles. The fourth-order valence-corrected chi connectivity index (χ4v) is 3.19. The number of para-hydroxylation sites is 1. The summed E-state index contributed by atoms with van der Waals surface area (Å²) in [5, 5.41) is 0. The Bertz CT molecular complexity index is 501. The molecule has 1 heterocycles. The van der Waals surface area contributed by atoms with Crippen molar-refractivity contribution in [3.8, 4) is 0 Å². The summed E-state index contributed by atoms with van der Waals surface area (Å²) in [5.74, 6) is 0.791. The Morgan fingerprint density at radius 1 is 0.950 bits per heavy atom. The highest BCUT2D eigenvalue weighted by Crippen LogP contribution is 2.26. The summed E-state index contributed by atoms with van der Waals surface area (Å²) in [6, 6.07) is 10.6. The fourth-order valence-electron chi connectivity index (χ4n) is 3.19. The van der Waals surface area contributed by atoms with Crippen LogP contribution >= 0.6 is 0 Å². The zero-order valence-electron chi connectivity index (χ0n) is 12.1. The van der Waals surface area contributed by atoms with Crippen LogP contribution in [0.15, 0.2) is 42.1 Å². The van der Waals surface area contributed by atoms with Crippen molar-refractivity contribution in [3.63, 3.8) is 0 Å². The third kappa shape index (κ3) is 2.87. The lowest BCUT2D eigenvalue weighted by molar-refractivity contribution is -0.116. The molecule has 20 heavy (non-hydrogen) atoms. The summed E-state index contributed by atoms with van der Waals surface area (Å²) in [6.07, 6.45) is 3.64. The number of benzene rings is 1. The Morgan fingerprint density at radius 2 is 1.60 bits per heavy atom. The third-order valence-electron chi connectivity index (χ3n) is 4.24. The van der Waals surface area contributed by atoms with E-state index in [2.05, 4.69) is 47.1 Å². The van der Waals surface area contributed by atoms with Crippen molar-refractivity contribution in [3.05, 3.63) is 42.1 Å². The molecule has 1 aromatic rings. The second-order valence-corrected chi connectivity index (χ2v) is 5.93. The SMILES string of the molecule is C[C@@H]1CC(=O)C=C(N2CCN(c3ccccc3)CC2)C1. The van der Waals surface area contributed by atoms with Gasteiger partial charge in [-0.05, 0) is 24.5 Å². The zero-order valence-corrected chi connectivity index (χ0v) is 12.1. The molecule has 3 rings (SSSR count). The van der Waals surface area contributed by atoms with Crippen LogP contribution in [0.5, 0.6) is 0 Å². The van der Waals surface area contributed by atoms with E-state index in [0.717, 1.165) is 32.6 Å². The van der Waals surface area contributed by atoms with Crippen LogP contribution in [0.25, 0.3) is 0 Å². The molecule has 1 saturated heterocycles. The number of anilines is 1. The van der Waals surface area contributed by atoms with Crippen molar-refractivity contribution in [2.75, 3.05) is 31.1 Å². The average molecular weight is 270 g/mol. The maximum atomic E-state index is 11.7. The Morgan fingerprint density at radius 3 is 2.25 bits per heavy atom. The van der Waals surface area contributed by atoms with Gasteiger partial charge < -0.3 is 9.80 Å². The highest BCUT2D eigenvalue weighted by Gasteiger charge is 2.24. The van der Waals surface area contributed by atoms with Crippen molar-refractivity contribution in [2.45, 2.75) is 19.8 Å². The summed E-state index contributed by atoms with van der Waals surface area (Å²) >= 11 is 0. The Labute approximate surface area is 120 Å². The average Bonchev–Trinajstić information content (AvgIpc) is 2.47. The number of rotatable bonds is 2. The molecule has 106 valence electrons. The van der Waals surface area contributed by atoms with Gasteiger partial charge in [0.1, 0.15) is 0 Å². The summed E-state index contributed by atoms with van der Waals surface area (Å²) in [7, 11) is 0. The van der Waals surface area contributed by atoms with Crippen LogP contribution in [-0.2, 0) is 4.79 Å². The van der Waals surface area contributed by atoms with Gasteiger partial charge in [0.2, 0.25) is 0 Å². The van der Waals surface area contributed by atoms with Crippen LogP contribution in [0.1, 0.15) is 19.8 Å². The predicted octanol–water partition coefficient (Wildman–Crippen LogP) is 2.69. The minimum absolute atomic E-state index is 0.296. The lowest BCUT2D eigenvalue weighted by Gasteiger charge is -2.39. The molecular formula is C17H22N2O. The van der Waals surface area contributed by atoms with E-state index < -0.39 is 0 Å². The van der Waals surface area contributed by atoms with Gasteiger partial charge in [0, 0.05) is 50.1 Å². The number of hydrogen-bond donors (Lipinski definition) is 0. The largest absolute Gasteiger partial charge is 0.371 e. The van der Waals surface area contributed by atoms with E-state index in [1.807, 2.05) is 6.08 Å². The smallest absolute Gasteiger partial charge is 0.157 e. The van der Waals surface area contributed by atoms with Gasteiger partial charge in [-0.25, -0.2) is 0 Å². The summed E-state index contributed by atoms with van der Waals surface area (Å²) < 4.78 is 0. The molecule has 1 atom stereocenters. The molecule has 2 aliphatic rings. The monoisotopic (exact) mass is 270 g/mol. The van der Waals surface area contributed by atoms with E-state index >= 15 is 0 Å². The minimum atomic E-state index is 0.296. The number of ketones is 1. The van der Waals surface area contributed by atoms with Crippen LogP contribution in [0.4, 0.5) is 5.69 Å². The number of piperazine rings is 1. The molecule has 3 nitrogen and oxygen atoms in total. The lowest BCUT2D eigenvalue weighted by atomic mass is 9.92. The van der Waals surface area contributed by atoms with Gasteiger partial charge in [0.05, 0.1) is 0 Å². The number of allylic oxidation sites excluding steroid dienone is 2. The molecule has 1 aliphatic heterocycles. The van der Waals surface area contributed by atoms with E-state index in [9.17, 15) is 4.79 Å². The molecule has 0 amide bonds. The first kappa shape index (κ1) is 13.2. The molecule has 3 heteroatoms. The van der Waals surface area contributed by atoms with E-state index in [1.165, 1.54) is 11.4 Å². The number of carbonyl (C=O) groups excluding carboxylic acids is 1. The Kier molecular flexibility index (Phi) is 3.77. The number of nitrogens with zero attached hydrogens (tertiary/aromatic N) is 2. The lowest BCUT2D eigenvalue weighted by Crippen LogP contribution is -2.46. The molecular weight excluding hydrogens is 248 g/mol. The molecule has 1 aromatic carbocycles. The maximum absolute atomic E-state index is 11.7. The van der Waals surface area contributed by atoms with E-state index in [0.29, 0.717) is 18.1 Å². The first-order valence-corrected chi connectivity index (χ1v) is 7.51. The summed E-state index contributed by atoms with van der Waals surface area (Å²) in [4.78, 5) is 16.5. The normalized spacial score (nSPS) is 23.8. The van der Waals surface area contributed by atoms with Gasteiger partial charge in [-0.15, -0.1) is 0 Å².